The summed E-state index contributed by atoms with van der Waals surface area (Å²) in [6, 6.07) is 18.9. The van der Waals surface area contributed by atoms with Crippen LogP contribution < -0.4 is 9.62 Å². The minimum Gasteiger partial charge on any atom is -0.354 e. The number of rotatable bonds is 11. The summed E-state index contributed by atoms with van der Waals surface area (Å²) in [7, 11) is -4.23. The van der Waals surface area contributed by atoms with Crippen LogP contribution in [0.5, 0.6) is 0 Å². The summed E-state index contributed by atoms with van der Waals surface area (Å²) in [6.07, 6.45) is 0. The molecule has 208 valence electrons. The van der Waals surface area contributed by atoms with Gasteiger partial charge in [-0.1, -0.05) is 79.5 Å². The monoisotopic (exact) mass is 589 g/mol. The molecule has 3 aromatic rings. The highest BCUT2D eigenvalue weighted by Crippen LogP contribution is 2.33. The quantitative estimate of drug-likeness (QED) is 0.311. The molecule has 0 saturated heterocycles. The molecule has 0 heterocycles. The fourth-order valence-electron chi connectivity index (χ4n) is 3.92. The maximum Gasteiger partial charge on any atom is 0.264 e. The summed E-state index contributed by atoms with van der Waals surface area (Å²) in [6.45, 7) is 7.47. The van der Waals surface area contributed by atoms with Crippen molar-refractivity contribution in [3.63, 3.8) is 0 Å². The van der Waals surface area contributed by atoms with Crippen LogP contribution in [0.2, 0.25) is 10.0 Å². The number of nitrogens with zero attached hydrogens (tertiary/aromatic N) is 2. The molecule has 0 aromatic heterocycles. The molecule has 2 amide bonds. The zero-order valence-electron chi connectivity index (χ0n) is 22.4. The summed E-state index contributed by atoms with van der Waals surface area (Å²) >= 11 is 12.6. The number of hydrogen-bond donors (Lipinski definition) is 1. The van der Waals surface area contributed by atoms with Crippen molar-refractivity contribution in [2.24, 2.45) is 5.92 Å². The number of carbonyl (C=O) groups is 2. The Morgan fingerprint density at radius 1 is 0.923 bits per heavy atom. The van der Waals surface area contributed by atoms with Crippen LogP contribution >= 0.6 is 23.2 Å². The third-order valence-corrected chi connectivity index (χ3v) is 8.57. The highest BCUT2D eigenvalue weighted by Gasteiger charge is 2.33. The van der Waals surface area contributed by atoms with E-state index in [0.29, 0.717) is 6.54 Å². The normalized spacial score (nSPS) is 12.2. The number of nitrogens with one attached hydrogen (secondary N) is 1. The number of amides is 2. The lowest BCUT2D eigenvalue weighted by molar-refractivity contribution is -0.139. The van der Waals surface area contributed by atoms with Gasteiger partial charge in [-0.05, 0) is 61.2 Å². The summed E-state index contributed by atoms with van der Waals surface area (Å²) in [5.41, 5.74) is 1.85. The van der Waals surface area contributed by atoms with Gasteiger partial charge in [0, 0.05) is 18.1 Å². The Labute approximate surface area is 240 Å². The summed E-state index contributed by atoms with van der Waals surface area (Å²) in [5.74, 6) is -0.678. The Morgan fingerprint density at radius 2 is 1.56 bits per heavy atom. The van der Waals surface area contributed by atoms with Crippen LogP contribution in [0, 0.1) is 12.8 Å². The number of benzene rings is 3. The largest absolute Gasteiger partial charge is 0.354 e. The maximum atomic E-state index is 14.0. The van der Waals surface area contributed by atoms with E-state index in [-0.39, 0.29) is 39.0 Å². The van der Waals surface area contributed by atoms with E-state index < -0.39 is 28.5 Å². The van der Waals surface area contributed by atoms with E-state index in [0.717, 1.165) is 15.4 Å². The van der Waals surface area contributed by atoms with E-state index in [1.165, 1.54) is 35.2 Å². The first kappa shape index (κ1) is 30.5. The van der Waals surface area contributed by atoms with Gasteiger partial charge < -0.3 is 10.2 Å². The summed E-state index contributed by atoms with van der Waals surface area (Å²) < 4.78 is 28.6. The molecule has 1 N–H and O–H groups in total. The zero-order chi connectivity index (χ0) is 28.7. The Hall–Kier alpha value is -3.07. The molecule has 39 heavy (non-hydrogen) atoms. The average Bonchev–Trinajstić information content (AvgIpc) is 2.91. The predicted molar refractivity (Wildman–Crippen MR) is 156 cm³/mol. The maximum absolute atomic E-state index is 14.0. The second-order valence-electron chi connectivity index (χ2n) is 9.68. The van der Waals surface area contributed by atoms with E-state index >= 15 is 0 Å². The van der Waals surface area contributed by atoms with Crippen molar-refractivity contribution in [3.8, 4) is 0 Å². The third kappa shape index (κ3) is 7.75. The Bertz CT molecular complexity index is 1420. The highest BCUT2D eigenvalue weighted by atomic mass is 35.5. The molecule has 0 fully saturated rings. The molecule has 0 radical (unpaired) electrons. The van der Waals surface area contributed by atoms with Gasteiger partial charge in [0.05, 0.1) is 15.6 Å². The van der Waals surface area contributed by atoms with E-state index in [2.05, 4.69) is 5.32 Å². The van der Waals surface area contributed by atoms with Gasteiger partial charge in [-0.15, -0.1) is 0 Å². The second-order valence-corrected chi connectivity index (χ2v) is 12.4. The van der Waals surface area contributed by atoms with E-state index in [1.807, 2.05) is 45.0 Å². The molecule has 0 bridgehead atoms. The zero-order valence-corrected chi connectivity index (χ0v) is 24.7. The first-order valence-corrected chi connectivity index (χ1v) is 14.8. The van der Waals surface area contributed by atoms with E-state index in [9.17, 15) is 18.0 Å². The molecule has 0 aliphatic rings. The molecule has 10 heteroatoms. The van der Waals surface area contributed by atoms with Crippen LogP contribution in [0.25, 0.3) is 0 Å². The first-order valence-electron chi connectivity index (χ1n) is 12.6. The second kappa shape index (κ2) is 13.3. The molecule has 1 unspecified atom stereocenters. The summed E-state index contributed by atoms with van der Waals surface area (Å²) in [5, 5.41) is 3.24. The van der Waals surface area contributed by atoms with Crippen LogP contribution in [0.3, 0.4) is 0 Å². The summed E-state index contributed by atoms with van der Waals surface area (Å²) in [4.78, 5) is 28.4. The van der Waals surface area contributed by atoms with Gasteiger partial charge in [-0.25, -0.2) is 8.42 Å². The van der Waals surface area contributed by atoms with E-state index in [4.69, 9.17) is 23.2 Å². The number of sulfonamides is 1. The minimum atomic E-state index is -4.23. The minimum absolute atomic E-state index is 0.0120. The molecule has 3 rings (SSSR count). The third-order valence-electron chi connectivity index (χ3n) is 6.24. The average molecular weight is 591 g/mol. The molecule has 3 aromatic carbocycles. The number of halogens is 2. The Kier molecular flexibility index (Phi) is 10.4. The van der Waals surface area contributed by atoms with Crippen molar-refractivity contribution in [1.82, 2.24) is 10.2 Å². The van der Waals surface area contributed by atoms with Crippen LogP contribution in [0.15, 0.2) is 77.7 Å². The fourth-order valence-corrected chi connectivity index (χ4v) is 5.80. The lowest BCUT2D eigenvalue weighted by Gasteiger charge is -2.32. The smallest absolute Gasteiger partial charge is 0.264 e. The SMILES string of the molecule is Cc1ccccc1CN(C(=O)CN(c1cc(Cl)ccc1Cl)S(=O)(=O)c1ccccc1)C(C)C(=O)NCC(C)C. The van der Waals surface area contributed by atoms with Crippen LogP contribution in [-0.2, 0) is 26.2 Å². The van der Waals surface area contributed by atoms with Crippen molar-refractivity contribution in [1.29, 1.82) is 0 Å². The first-order chi connectivity index (χ1) is 18.4. The van der Waals surface area contributed by atoms with Gasteiger partial charge in [-0.3, -0.25) is 13.9 Å². The lowest BCUT2D eigenvalue weighted by Crippen LogP contribution is -2.51. The van der Waals surface area contributed by atoms with Crippen LogP contribution in [0.1, 0.15) is 31.9 Å². The van der Waals surface area contributed by atoms with Crippen molar-refractivity contribution in [3.05, 3.63) is 94.0 Å². The van der Waals surface area contributed by atoms with Gasteiger partial charge in [0.15, 0.2) is 0 Å². The molecule has 0 aliphatic heterocycles. The van der Waals surface area contributed by atoms with Gasteiger partial charge in [0.2, 0.25) is 11.8 Å². The topological polar surface area (TPSA) is 86.8 Å². The molecule has 0 spiro atoms. The Morgan fingerprint density at radius 3 is 2.21 bits per heavy atom. The van der Waals surface area contributed by atoms with Gasteiger partial charge in [0.25, 0.3) is 10.0 Å². The molecular weight excluding hydrogens is 557 g/mol. The van der Waals surface area contributed by atoms with Gasteiger partial charge in [-0.2, -0.15) is 0 Å². The number of aryl methyl sites for hydroxylation is 1. The van der Waals surface area contributed by atoms with Crippen molar-refractivity contribution >= 4 is 50.7 Å². The number of anilines is 1. The molecule has 7 nitrogen and oxygen atoms in total. The number of hydrogen-bond acceptors (Lipinski definition) is 4. The van der Waals surface area contributed by atoms with Crippen molar-refractivity contribution in [2.45, 2.75) is 45.2 Å². The van der Waals surface area contributed by atoms with Crippen molar-refractivity contribution in [2.75, 3.05) is 17.4 Å². The standard InChI is InChI=1S/C29H33Cl2N3O4S/c1-20(2)17-32-29(36)22(4)33(18-23-11-9-8-10-21(23)3)28(35)19-34(27-16-24(30)14-15-26(27)31)39(37,38)25-12-6-5-7-13-25/h5-16,20,22H,17-19H2,1-4H3,(H,32,36). The molecule has 0 saturated carbocycles. The number of carbonyl (C=O) groups excluding carboxylic acids is 2. The van der Waals surface area contributed by atoms with Crippen LogP contribution in [0.4, 0.5) is 5.69 Å². The van der Waals surface area contributed by atoms with Gasteiger partial charge in [0.1, 0.15) is 12.6 Å². The predicted octanol–water partition coefficient (Wildman–Crippen LogP) is 5.69. The van der Waals surface area contributed by atoms with Crippen molar-refractivity contribution < 1.29 is 18.0 Å². The van der Waals surface area contributed by atoms with E-state index in [1.54, 1.807) is 25.1 Å². The fraction of sp³-hybridized carbons (Fsp3) is 0.310. The van der Waals surface area contributed by atoms with Crippen LogP contribution in [-0.4, -0.2) is 44.3 Å². The Balaban J connectivity index is 2.05. The molecular formula is C29H33Cl2N3O4S. The van der Waals surface area contributed by atoms with Gasteiger partial charge >= 0.3 is 0 Å². The highest BCUT2D eigenvalue weighted by molar-refractivity contribution is 7.92. The molecule has 0 aliphatic carbocycles. The lowest BCUT2D eigenvalue weighted by atomic mass is 10.1. The molecule has 1 atom stereocenters.